The summed E-state index contributed by atoms with van der Waals surface area (Å²) < 4.78 is 9.64. The summed E-state index contributed by atoms with van der Waals surface area (Å²) in [6.07, 6.45) is -0.153. The molecule has 3 atom stereocenters. The average Bonchev–Trinajstić information content (AvgIpc) is 3.04. The van der Waals surface area contributed by atoms with E-state index in [-0.39, 0.29) is 17.3 Å². The van der Waals surface area contributed by atoms with E-state index in [0.29, 0.717) is 6.42 Å². The van der Waals surface area contributed by atoms with Crippen LogP contribution in [0.2, 0.25) is 0 Å². The second-order valence-electron chi connectivity index (χ2n) is 5.81. The van der Waals surface area contributed by atoms with E-state index in [9.17, 15) is 19.7 Å². The minimum absolute atomic E-state index is 0.178. The summed E-state index contributed by atoms with van der Waals surface area (Å²) in [5, 5.41) is 13.0. The van der Waals surface area contributed by atoms with E-state index >= 15 is 0 Å². The van der Waals surface area contributed by atoms with Crippen molar-refractivity contribution in [1.82, 2.24) is 5.32 Å². The van der Waals surface area contributed by atoms with Gasteiger partial charge in [0.25, 0.3) is 0 Å². The highest BCUT2D eigenvalue weighted by atomic mass is 16.6. The largest absolute Gasteiger partial charge is 0.467 e. The average molecular weight is 288 g/mol. The summed E-state index contributed by atoms with van der Waals surface area (Å²) in [6.45, 7) is 5.09. The van der Waals surface area contributed by atoms with Gasteiger partial charge in [-0.1, -0.05) is 0 Å². The molecule has 20 heavy (non-hydrogen) atoms. The molecule has 0 spiro atoms. The van der Waals surface area contributed by atoms with Gasteiger partial charge in [-0.05, 0) is 27.2 Å². The van der Waals surface area contributed by atoms with Crippen LogP contribution in [-0.4, -0.2) is 41.8 Å². The Morgan fingerprint density at radius 1 is 1.45 bits per heavy atom. The molecule has 0 heterocycles. The van der Waals surface area contributed by atoms with Crippen LogP contribution in [0.4, 0.5) is 4.79 Å². The number of methoxy groups -OCH3 is 1. The molecule has 1 N–H and O–H groups in total. The van der Waals surface area contributed by atoms with Crippen LogP contribution < -0.4 is 5.32 Å². The quantitative estimate of drug-likeness (QED) is 0.461. The Bertz CT molecular complexity index is 403. The van der Waals surface area contributed by atoms with E-state index in [1.807, 2.05) is 0 Å². The summed E-state index contributed by atoms with van der Waals surface area (Å²) in [7, 11) is 1.20. The van der Waals surface area contributed by atoms with Gasteiger partial charge in [-0.25, -0.2) is 9.59 Å². The zero-order valence-electron chi connectivity index (χ0n) is 12.0. The van der Waals surface area contributed by atoms with Crippen LogP contribution in [0.5, 0.6) is 0 Å². The molecule has 1 rings (SSSR count). The van der Waals surface area contributed by atoms with Gasteiger partial charge in [0.1, 0.15) is 11.6 Å². The van der Waals surface area contributed by atoms with Crippen molar-refractivity contribution < 1.29 is 24.0 Å². The zero-order chi connectivity index (χ0) is 15.5. The predicted molar refractivity (Wildman–Crippen MR) is 68.7 cm³/mol. The molecule has 1 fully saturated rings. The third kappa shape index (κ3) is 5.02. The van der Waals surface area contributed by atoms with Crippen LogP contribution >= 0.6 is 0 Å². The summed E-state index contributed by atoms with van der Waals surface area (Å²) in [5.41, 5.74) is -0.687. The molecule has 1 aliphatic rings. The third-order valence-electron chi connectivity index (χ3n) is 2.87. The number of carbonyl (C=O) groups excluding carboxylic acids is 2. The van der Waals surface area contributed by atoms with Crippen molar-refractivity contribution in [3.63, 3.8) is 0 Å². The summed E-state index contributed by atoms with van der Waals surface area (Å²) >= 11 is 0. The van der Waals surface area contributed by atoms with E-state index in [2.05, 4.69) is 10.1 Å². The molecule has 8 nitrogen and oxygen atoms in total. The summed E-state index contributed by atoms with van der Waals surface area (Å²) in [6, 6.07) is -1.56. The Labute approximate surface area is 117 Å². The fourth-order valence-corrected chi connectivity index (χ4v) is 1.85. The predicted octanol–water partition coefficient (Wildman–Crippen LogP) is 1.11. The van der Waals surface area contributed by atoms with E-state index in [4.69, 9.17) is 4.74 Å². The van der Waals surface area contributed by atoms with Gasteiger partial charge in [0.15, 0.2) is 0 Å². The molecule has 0 aromatic carbocycles. The molecular formula is C12H20N2O6. The minimum Gasteiger partial charge on any atom is -0.467 e. The molecule has 0 aromatic heterocycles. The third-order valence-corrected chi connectivity index (χ3v) is 2.87. The highest BCUT2D eigenvalue weighted by molar-refractivity contribution is 5.81. The van der Waals surface area contributed by atoms with E-state index in [1.54, 1.807) is 20.8 Å². The number of esters is 1. The van der Waals surface area contributed by atoms with Crippen molar-refractivity contribution in [2.45, 2.75) is 51.3 Å². The topological polar surface area (TPSA) is 108 Å². The number of amides is 1. The molecule has 114 valence electrons. The second-order valence-corrected chi connectivity index (χ2v) is 5.81. The molecule has 1 saturated carbocycles. The molecule has 0 radical (unpaired) electrons. The lowest BCUT2D eigenvalue weighted by Gasteiger charge is -2.22. The first kappa shape index (κ1) is 16.2. The fraction of sp³-hybridized carbons (Fsp3) is 0.833. The number of rotatable bonds is 5. The lowest BCUT2D eigenvalue weighted by molar-refractivity contribution is -0.498. The molecule has 0 unspecified atom stereocenters. The van der Waals surface area contributed by atoms with Crippen LogP contribution in [0.1, 0.15) is 33.6 Å². The van der Waals surface area contributed by atoms with E-state index in [1.165, 1.54) is 7.11 Å². The lowest BCUT2D eigenvalue weighted by atomic mass is 10.1. The van der Waals surface area contributed by atoms with E-state index in [0.717, 1.165) is 0 Å². The number of hydrogen-bond acceptors (Lipinski definition) is 6. The molecular weight excluding hydrogens is 268 g/mol. The van der Waals surface area contributed by atoms with Crippen LogP contribution in [-0.2, 0) is 14.3 Å². The van der Waals surface area contributed by atoms with Crippen LogP contribution in [0.15, 0.2) is 0 Å². The Morgan fingerprint density at radius 3 is 2.45 bits per heavy atom. The standard InChI is InChI=1S/C12H20N2O6/c1-12(2,3)20-11(16)13-8(10(15)19-4)5-7-6-9(7)14(17)18/h7-9H,5-6H2,1-4H3,(H,13,16)/t7-,8-,9-/m0/s1. The number of nitrogens with one attached hydrogen (secondary N) is 1. The number of nitro groups is 1. The number of ether oxygens (including phenoxy) is 2. The molecule has 0 saturated heterocycles. The van der Waals surface area contributed by atoms with Crippen molar-refractivity contribution in [2.75, 3.05) is 7.11 Å². The van der Waals surface area contributed by atoms with Crippen molar-refractivity contribution in [3.05, 3.63) is 10.1 Å². The van der Waals surface area contributed by atoms with Gasteiger partial charge in [0.2, 0.25) is 6.04 Å². The van der Waals surface area contributed by atoms with Crippen molar-refractivity contribution >= 4 is 12.1 Å². The van der Waals surface area contributed by atoms with Crippen molar-refractivity contribution in [2.24, 2.45) is 5.92 Å². The zero-order valence-corrected chi connectivity index (χ0v) is 12.0. The fourth-order valence-electron chi connectivity index (χ4n) is 1.85. The molecule has 0 aliphatic heterocycles. The monoisotopic (exact) mass is 288 g/mol. The highest BCUT2D eigenvalue weighted by Gasteiger charge is 2.50. The van der Waals surface area contributed by atoms with Gasteiger partial charge in [0.05, 0.1) is 7.11 Å². The molecule has 0 bridgehead atoms. The number of hydrogen-bond donors (Lipinski definition) is 1. The normalized spacial score (nSPS) is 22.6. The number of nitrogens with zero attached hydrogens (tertiary/aromatic N) is 1. The van der Waals surface area contributed by atoms with E-state index < -0.39 is 29.7 Å². The Hall–Kier alpha value is -1.86. The maximum absolute atomic E-state index is 11.6. The van der Waals surface area contributed by atoms with Gasteiger partial charge in [-0.3, -0.25) is 10.1 Å². The van der Waals surface area contributed by atoms with Crippen molar-refractivity contribution in [1.29, 1.82) is 0 Å². The summed E-state index contributed by atoms with van der Waals surface area (Å²) in [5.74, 6) is -0.853. The van der Waals surface area contributed by atoms with Gasteiger partial charge in [-0.15, -0.1) is 0 Å². The highest BCUT2D eigenvalue weighted by Crippen LogP contribution is 2.37. The Morgan fingerprint density at radius 2 is 2.05 bits per heavy atom. The number of alkyl carbamates (subject to hydrolysis) is 1. The minimum atomic E-state index is -0.926. The lowest BCUT2D eigenvalue weighted by Crippen LogP contribution is -2.44. The van der Waals surface area contributed by atoms with Crippen molar-refractivity contribution in [3.8, 4) is 0 Å². The van der Waals surface area contributed by atoms with Crippen LogP contribution in [0.25, 0.3) is 0 Å². The van der Waals surface area contributed by atoms with Gasteiger partial charge in [0, 0.05) is 17.3 Å². The summed E-state index contributed by atoms with van der Waals surface area (Å²) in [4.78, 5) is 33.4. The molecule has 1 amide bonds. The Balaban J connectivity index is 2.55. The van der Waals surface area contributed by atoms with Gasteiger partial charge < -0.3 is 14.8 Å². The first-order valence-electron chi connectivity index (χ1n) is 6.35. The number of carbonyl (C=O) groups is 2. The first-order valence-corrected chi connectivity index (χ1v) is 6.35. The molecule has 8 heteroatoms. The smallest absolute Gasteiger partial charge is 0.408 e. The molecule has 1 aliphatic carbocycles. The first-order chi connectivity index (χ1) is 9.14. The van der Waals surface area contributed by atoms with Crippen LogP contribution in [0, 0.1) is 16.0 Å². The van der Waals surface area contributed by atoms with Gasteiger partial charge in [-0.2, -0.15) is 0 Å². The Kier molecular flexibility index (Phi) is 4.91. The molecule has 0 aromatic rings. The second kappa shape index (κ2) is 6.06. The SMILES string of the molecule is COC(=O)[C@H](C[C@H]1C[C@@H]1[N+](=O)[O-])NC(=O)OC(C)(C)C. The van der Waals surface area contributed by atoms with Gasteiger partial charge >= 0.3 is 12.1 Å². The maximum atomic E-state index is 11.6. The maximum Gasteiger partial charge on any atom is 0.408 e. The van der Waals surface area contributed by atoms with Crippen LogP contribution in [0.3, 0.4) is 0 Å².